The average molecular weight is 355 g/mol. The minimum Gasteiger partial charge on any atom is -0.396 e. The first-order valence-electron chi connectivity index (χ1n) is 8.60. The number of hydrogen-bond donors (Lipinski definition) is 2. The minimum absolute atomic E-state index is 0.362. The summed E-state index contributed by atoms with van der Waals surface area (Å²) in [6.45, 7) is 19.6. The zero-order chi connectivity index (χ0) is 20.0. The number of anilines is 2. The van der Waals surface area contributed by atoms with E-state index in [1.165, 1.54) is 6.33 Å². The van der Waals surface area contributed by atoms with E-state index in [9.17, 15) is 0 Å². The van der Waals surface area contributed by atoms with Crippen LogP contribution in [0.3, 0.4) is 0 Å². The van der Waals surface area contributed by atoms with Gasteiger partial charge in [0.2, 0.25) is 0 Å². The predicted octanol–water partition coefficient (Wildman–Crippen LogP) is 4.43. The molecule has 0 aromatic carbocycles. The monoisotopic (exact) mass is 354 g/mol. The highest BCUT2D eigenvalue weighted by Gasteiger charge is 2.12. The zero-order valence-electron chi connectivity index (χ0n) is 16.7. The maximum Gasteiger partial charge on any atom is 0.116 e. The molecule has 0 aliphatic heterocycles. The molecular weight excluding hydrogens is 324 g/mol. The highest BCUT2D eigenvalue weighted by atomic mass is 14.9. The van der Waals surface area contributed by atoms with E-state index in [4.69, 9.17) is 11.5 Å². The molecule has 140 valence electrons. The van der Waals surface area contributed by atoms with Gasteiger partial charge >= 0.3 is 0 Å². The van der Waals surface area contributed by atoms with Crippen LogP contribution in [-0.2, 0) is 0 Å². The van der Waals surface area contributed by atoms with Gasteiger partial charge in [-0.25, -0.2) is 19.9 Å². The Balaban J connectivity index is 0.000000260. The van der Waals surface area contributed by atoms with Crippen LogP contribution in [0.5, 0.6) is 0 Å². The lowest BCUT2D eigenvalue weighted by atomic mass is 10.0. The van der Waals surface area contributed by atoms with Gasteiger partial charge < -0.3 is 11.5 Å². The number of nitrogens with two attached hydrogens (primary N) is 2. The van der Waals surface area contributed by atoms with Crippen molar-refractivity contribution in [3.63, 3.8) is 0 Å². The second kappa shape index (κ2) is 9.08. The molecule has 2 aromatic rings. The quantitative estimate of drug-likeness (QED) is 0.841. The second-order valence-corrected chi connectivity index (χ2v) is 6.91. The van der Waals surface area contributed by atoms with Crippen LogP contribution < -0.4 is 11.5 Å². The maximum atomic E-state index is 5.96. The molecule has 2 rings (SSSR count). The third-order valence-corrected chi connectivity index (χ3v) is 3.73. The smallest absolute Gasteiger partial charge is 0.116 e. The molecule has 0 saturated carbocycles. The zero-order valence-corrected chi connectivity index (χ0v) is 16.7. The Morgan fingerprint density at radius 1 is 0.731 bits per heavy atom. The average Bonchev–Trinajstić information content (AvgIpc) is 2.54. The fourth-order valence-electron chi connectivity index (χ4n) is 2.42. The molecule has 0 aliphatic rings. The number of nitrogen functional groups attached to an aromatic ring is 2. The summed E-state index contributed by atoms with van der Waals surface area (Å²) in [4.78, 5) is 16.5. The summed E-state index contributed by atoms with van der Waals surface area (Å²) >= 11 is 0. The van der Waals surface area contributed by atoms with Gasteiger partial charge in [0.15, 0.2) is 0 Å². The number of aromatic nitrogens is 4. The number of nitrogens with zero attached hydrogens (tertiary/aromatic N) is 4. The lowest BCUT2D eigenvalue weighted by Crippen LogP contribution is -2.07. The molecular formula is C20H30N6. The minimum atomic E-state index is 0.362. The third kappa shape index (κ3) is 5.12. The van der Waals surface area contributed by atoms with E-state index in [0.29, 0.717) is 28.9 Å². The number of rotatable bonds is 4. The first-order valence-corrected chi connectivity index (χ1v) is 8.60. The van der Waals surface area contributed by atoms with Gasteiger partial charge in [0.05, 0.1) is 34.2 Å². The van der Waals surface area contributed by atoms with E-state index in [1.54, 1.807) is 6.33 Å². The number of allylic oxidation sites excluding steroid dienone is 2. The van der Waals surface area contributed by atoms with Crippen LogP contribution in [0.1, 0.15) is 76.2 Å². The molecule has 0 bridgehead atoms. The van der Waals surface area contributed by atoms with Crippen molar-refractivity contribution in [2.75, 3.05) is 11.5 Å². The summed E-state index contributed by atoms with van der Waals surface area (Å²) in [7, 11) is 0. The first kappa shape index (κ1) is 21.3. The Hall–Kier alpha value is -2.76. The highest BCUT2D eigenvalue weighted by Crippen LogP contribution is 2.25. The van der Waals surface area contributed by atoms with Crippen molar-refractivity contribution in [2.24, 2.45) is 0 Å². The lowest BCUT2D eigenvalue weighted by Gasteiger charge is -2.13. The van der Waals surface area contributed by atoms with Gasteiger partial charge in [-0.1, -0.05) is 40.9 Å². The van der Waals surface area contributed by atoms with Crippen molar-refractivity contribution < 1.29 is 0 Å². The van der Waals surface area contributed by atoms with Crippen LogP contribution in [0.2, 0.25) is 0 Å². The van der Waals surface area contributed by atoms with Gasteiger partial charge in [0.25, 0.3) is 0 Å². The molecule has 0 unspecified atom stereocenters. The molecule has 0 radical (unpaired) electrons. The van der Waals surface area contributed by atoms with E-state index in [1.807, 2.05) is 13.8 Å². The Morgan fingerprint density at radius 2 is 1.08 bits per heavy atom. The van der Waals surface area contributed by atoms with Gasteiger partial charge in [-0.15, -0.1) is 0 Å². The van der Waals surface area contributed by atoms with Crippen molar-refractivity contribution in [3.8, 4) is 0 Å². The summed E-state index contributed by atoms with van der Waals surface area (Å²) in [5, 5.41) is 0. The van der Waals surface area contributed by atoms with Gasteiger partial charge in [0, 0.05) is 0 Å². The molecule has 4 N–H and O–H groups in total. The normalized spacial score (nSPS) is 10.5. The molecule has 0 fully saturated rings. The molecule has 2 heterocycles. The predicted molar refractivity (Wildman–Crippen MR) is 110 cm³/mol. The van der Waals surface area contributed by atoms with E-state index >= 15 is 0 Å². The Morgan fingerprint density at radius 3 is 1.38 bits per heavy atom. The van der Waals surface area contributed by atoms with Crippen LogP contribution in [0, 0.1) is 0 Å². The van der Waals surface area contributed by atoms with Gasteiger partial charge in [-0.3, -0.25) is 0 Å². The maximum absolute atomic E-state index is 5.96. The number of hydrogen-bond acceptors (Lipinski definition) is 6. The SMILES string of the molecule is C=C(C)c1ncnc(C(=C)C)c1N.CC(C)c1ncnc(C(C)C)c1N. The van der Waals surface area contributed by atoms with E-state index in [-0.39, 0.29) is 0 Å². The summed E-state index contributed by atoms with van der Waals surface area (Å²) in [5.41, 5.74) is 18.1. The fraction of sp³-hybridized carbons (Fsp3) is 0.400. The molecule has 0 amide bonds. The van der Waals surface area contributed by atoms with E-state index in [2.05, 4.69) is 60.8 Å². The first-order chi connectivity index (χ1) is 12.1. The largest absolute Gasteiger partial charge is 0.396 e. The van der Waals surface area contributed by atoms with Gasteiger partial charge in [-0.05, 0) is 36.8 Å². The molecule has 26 heavy (non-hydrogen) atoms. The molecule has 0 spiro atoms. The van der Waals surface area contributed by atoms with Crippen molar-refractivity contribution >= 4 is 22.5 Å². The molecule has 6 nitrogen and oxygen atoms in total. The Labute approximate surface area is 156 Å². The van der Waals surface area contributed by atoms with Crippen LogP contribution >= 0.6 is 0 Å². The van der Waals surface area contributed by atoms with E-state index < -0.39 is 0 Å². The molecule has 0 atom stereocenters. The van der Waals surface area contributed by atoms with Crippen LogP contribution in [0.4, 0.5) is 11.4 Å². The van der Waals surface area contributed by atoms with Crippen molar-refractivity contribution in [3.05, 3.63) is 48.6 Å². The lowest BCUT2D eigenvalue weighted by molar-refractivity contribution is 0.774. The van der Waals surface area contributed by atoms with Crippen molar-refractivity contribution in [1.82, 2.24) is 19.9 Å². The molecule has 6 heteroatoms. The van der Waals surface area contributed by atoms with Crippen LogP contribution in [-0.4, -0.2) is 19.9 Å². The van der Waals surface area contributed by atoms with Crippen LogP contribution in [0.15, 0.2) is 25.8 Å². The molecule has 0 saturated heterocycles. The van der Waals surface area contributed by atoms with Crippen molar-refractivity contribution in [1.29, 1.82) is 0 Å². The summed E-state index contributed by atoms with van der Waals surface area (Å²) in [6.07, 6.45) is 3.07. The van der Waals surface area contributed by atoms with Gasteiger partial charge in [-0.2, -0.15) is 0 Å². The van der Waals surface area contributed by atoms with Gasteiger partial charge in [0.1, 0.15) is 12.7 Å². The van der Waals surface area contributed by atoms with E-state index in [0.717, 1.165) is 28.2 Å². The second-order valence-electron chi connectivity index (χ2n) is 6.91. The standard InChI is InChI=1S/C10H17N3.C10H13N3/c2*1-6(2)9-8(11)10(7(3)4)13-5-12-9/h5-7H,11H2,1-4H3;5H,1,3,11H2,2,4H3. The molecule has 2 aromatic heterocycles. The molecule has 0 aliphatic carbocycles. The fourth-order valence-corrected chi connectivity index (χ4v) is 2.42. The summed E-state index contributed by atoms with van der Waals surface area (Å²) in [5.74, 6) is 0.723. The Bertz CT molecular complexity index is 734. The van der Waals surface area contributed by atoms with Crippen LogP contribution in [0.25, 0.3) is 11.1 Å². The van der Waals surface area contributed by atoms with Crippen molar-refractivity contribution in [2.45, 2.75) is 53.4 Å². The highest BCUT2D eigenvalue weighted by molar-refractivity contribution is 5.78. The summed E-state index contributed by atoms with van der Waals surface area (Å²) in [6, 6.07) is 0. The third-order valence-electron chi connectivity index (χ3n) is 3.73. The summed E-state index contributed by atoms with van der Waals surface area (Å²) < 4.78 is 0. The Kier molecular flexibility index (Phi) is 7.43. The topological polar surface area (TPSA) is 104 Å².